The third-order valence-corrected chi connectivity index (χ3v) is 5.46. The zero-order valence-electron chi connectivity index (χ0n) is 13.3. The van der Waals surface area contributed by atoms with Crippen molar-refractivity contribution in [2.45, 2.75) is 31.1 Å². The number of aryl methyl sites for hydroxylation is 1. The molecule has 0 unspecified atom stereocenters. The summed E-state index contributed by atoms with van der Waals surface area (Å²) < 4.78 is 6.04. The summed E-state index contributed by atoms with van der Waals surface area (Å²) in [6.07, 6.45) is 5.30. The van der Waals surface area contributed by atoms with Gasteiger partial charge in [0, 0.05) is 17.6 Å². The molecule has 24 heavy (non-hydrogen) atoms. The SMILES string of the molecule is C=CC[C@@H]1N(c2ccccc2C)C(=O)[C@@H]2[C@@H](C(=O)[O-])[C@@H]3C=C[C@]21O3. The number of carbonyl (C=O) groups excluding carboxylic acids is 2. The molecule has 1 aromatic rings. The molecule has 0 aliphatic carbocycles. The number of carboxylic acids is 1. The molecule has 1 amide bonds. The second-order valence-electron chi connectivity index (χ2n) is 6.65. The van der Waals surface area contributed by atoms with Crippen molar-refractivity contribution < 1.29 is 19.4 Å². The van der Waals surface area contributed by atoms with Crippen LogP contribution >= 0.6 is 0 Å². The molecule has 2 saturated heterocycles. The molecule has 5 atom stereocenters. The molecule has 3 aliphatic heterocycles. The van der Waals surface area contributed by atoms with E-state index >= 15 is 0 Å². The summed E-state index contributed by atoms with van der Waals surface area (Å²) in [4.78, 5) is 26.5. The van der Waals surface area contributed by atoms with Gasteiger partial charge in [-0.3, -0.25) is 4.79 Å². The largest absolute Gasteiger partial charge is 0.550 e. The smallest absolute Gasteiger partial charge is 0.234 e. The number of ether oxygens (including phenoxy) is 1. The molecule has 1 aromatic carbocycles. The zero-order chi connectivity index (χ0) is 17.1. The van der Waals surface area contributed by atoms with Gasteiger partial charge in [0.1, 0.15) is 5.60 Å². The number of fused-ring (bicyclic) bond motifs is 1. The Balaban J connectivity index is 1.87. The third kappa shape index (κ3) is 1.73. The van der Waals surface area contributed by atoms with Crippen LogP contribution in [0.4, 0.5) is 5.69 Å². The van der Waals surface area contributed by atoms with Crippen molar-refractivity contribution in [2.24, 2.45) is 11.8 Å². The van der Waals surface area contributed by atoms with E-state index in [0.717, 1.165) is 11.3 Å². The van der Waals surface area contributed by atoms with E-state index in [2.05, 4.69) is 6.58 Å². The maximum absolute atomic E-state index is 13.2. The highest BCUT2D eigenvalue weighted by molar-refractivity contribution is 6.03. The first kappa shape index (κ1) is 15.1. The number of carboxylic acid groups (broad SMARTS) is 1. The Labute approximate surface area is 140 Å². The van der Waals surface area contributed by atoms with Gasteiger partial charge in [0.2, 0.25) is 5.91 Å². The molecule has 1 spiro atoms. The van der Waals surface area contributed by atoms with E-state index in [0.29, 0.717) is 6.42 Å². The summed E-state index contributed by atoms with van der Waals surface area (Å²) in [6, 6.07) is 7.29. The number of amides is 1. The Morgan fingerprint density at radius 1 is 1.46 bits per heavy atom. The molecule has 124 valence electrons. The first-order valence-electron chi connectivity index (χ1n) is 8.09. The van der Waals surface area contributed by atoms with Gasteiger partial charge in [-0.15, -0.1) is 6.58 Å². The lowest BCUT2D eigenvalue weighted by Gasteiger charge is -2.33. The van der Waals surface area contributed by atoms with Crippen LogP contribution < -0.4 is 10.0 Å². The second-order valence-corrected chi connectivity index (χ2v) is 6.65. The number of carbonyl (C=O) groups is 2. The Morgan fingerprint density at radius 3 is 2.88 bits per heavy atom. The second kappa shape index (κ2) is 5.05. The van der Waals surface area contributed by atoms with Gasteiger partial charge in [-0.25, -0.2) is 0 Å². The van der Waals surface area contributed by atoms with Crippen LogP contribution in [0.3, 0.4) is 0 Å². The minimum atomic E-state index is -1.23. The zero-order valence-corrected chi connectivity index (χ0v) is 13.3. The number of hydrogen-bond acceptors (Lipinski definition) is 4. The number of anilines is 1. The van der Waals surface area contributed by atoms with Gasteiger partial charge in [0.05, 0.1) is 18.1 Å². The normalized spacial score (nSPS) is 36.2. The molecule has 0 radical (unpaired) electrons. The van der Waals surface area contributed by atoms with E-state index in [9.17, 15) is 14.7 Å². The fourth-order valence-corrected chi connectivity index (χ4v) is 4.49. The summed E-state index contributed by atoms with van der Waals surface area (Å²) >= 11 is 0. The maximum atomic E-state index is 13.2. The highest BCUT2D eigenvalue weighted by Crippen LogP contribution is 2.56. The van der Waals surface area contributed by atoms with Crippen LogP contribution in [0.25, 0.3) is 0 Å². The van der Waals surface area contributed by atoms with Crippen molar-refractivity contribution in [2.75, 3.05) is 4.90 Å². The predicted octanol–water partition coefficient (Wildman–Crippen LogP) is 0.976. The number of benzene rings is 1. The van der Waals surface area contributed by atoms with Gasteiger partial charge in [0.25, 0.3) is 0 Å². The lowest BCUT2D eigenvalue weighted by atomic mass is 9.74. The summed E-state index contributed by atoms with van der Waals surface area (Å²) in [5.41, 5.74) is 0.832. The molecule has 0 saturated carbocycles. The van der Waals surface area contributed by atoms with Crippen LogP contribution in [0.5, 0.6) is 0 Å². The standard InChI is InChI=1S/C19H19NO4/c1-3-6-14-19-10-9-13(24-19)15(18(22)23)16(19)17(21)20(14)12-8-5-4-7-11(12)2/h3-5,7-10,13-16H,1,6H2,2H3,(H,22,23)/p-1/t13-,14-,15-,16-,19+/m0/s1. The number of rotatable bonds is 4. The van der Waals surface area contributed by atoms with Crippen molar-refractivity contribution >= 4 is 17.6 Å². The summed E-state index contributed by atoms with van der Waals surface area (Å²) in [5.74, 6) is -3.13. The minimum absolute atomic E-state index is 0.211. The summed E-state index contributed by atoms with van der Waals surface area (Å²) in [6.45, 7) is 5.74. The van der Waals surface area contributed by atoms with Crippen LogP contribution in [0.15, 0.2) is 49.1 Å². The summed E-state index contributed by atoms with van der Waals surface area (Å²) in [7, 11) is 0. The topological polar surface area (TPSA) is 69.7 Å². The molecule has 5 nitrogen and oxygen atoms in total. The molecule has 2 fully saturated rings. The number of aliphatic carboxylic acids is 1. The van der Waals surface area contributed by atoms with Crippen LogP contribution in [0, 0.1) is 18.8 Å². The highest BCUT2D eigenvalue weighted by Gasteiger charge is 2.69. The van der Waals surface area contributed by atoms with Crippen molar-refractivity contribution in [3.05, 3.63) is 54.6 Å². The monoisotopic (exact) mass is 324 g/mol. The molecular weight excluding hydrogens is 306 g/mol. The van der Waals surface area contributed by atoms with E-state index in [-0.39, 0.29) is 11.9 Å². The van der Waals surface area contributed by atoms with E-state index < -0.39 is 29.5 Å². The Bertz CT molecular complexity index is 770. The van der Waals surface area contributed by atoms with Gasteiger partial charge in [-0.2, -0.15) is 0 Å². The molecule has 2 bridgehead atoms. The predicted molar refractivity (Wildman–Crippen MR) is 86.0 cm³/mol. The molecule has 3 aliphatic rings. The quantitative estimate of drug-likeness (QED) is 0.774. The third-order valence-electron chi connectivity index (χ3n) is 5.46. The van der Waals surface area contributed by atoms with E-state index in [1.807, 2.05) is 37.3 Å². The number of para-hydroxylation sites is 1. The van der Waals surface area contributed by atoms with Gasteiger partial charge in [-0.05, 0) is 25.0 Å². The molecular formula is C19H18NO4-. The molecule has 5 heteroatoms. The van der Waals surface area contributed by atoms with Gasteiger partial charge < -0.3 is 19.5 Å². The Morgan fingerprint density at radius 2 is 2.21 bits per heavy atom. The minimum Gasteiger partial charge on any atom is -0.550 e. The van der Waals surface area contributed by atoms with Crippen LogP contribution in [-0.2, 0) is 14.3 Å². The van der Waals surface area contributed by atoms with Gasteiger partial charge in [0.15, 0.2) is 0 Å². The van der Waals surface area contributed by atoms with E-state index in [4.69, 9.17) is 4.74 Å². The van der Waals surface area contributed by atoms with Crippen molar-refractivity contribution in [1.82, 2.24) is 0 Å². The summed E-state index contributed by atoms with van der Waals surface area (Å²) in [5, 5.41) is 11.6. The average molecular weight is 324 g/mol. The first-order valence-corrected chi connectivity index (χ1v) is 8.09. The van der Waals surface area contributed by atoms with Crippen LogP contribution in [0.2, 0.25) is 0 Å². The van der Waals surface area contributed by atoms with Gasteiger partial charge >= 0.3 is 0 Å². The fourth-order valence-electron chi connectivity index (χ4n) is 4.49. The van der Waals surface area contributed by atoms with Crippen molar-refractivity contribution in [1.29, 1.82) is 0 Å². The first-order chi connectivity index (χ1) is 11.5. The number of hydrogen-bond donors (Lipinski definition) is 0. The van der Waals surface area contributed by atoms with Crippen molar-refractivity contribution in [3.8, 4) is 0 Å². The molecule has 0 N–H and O–H groups in total. The molecule has 4 rings (SSSR count). The van der Waals surface area contributed by atoms with E-state index in [1.165, 1.54) is 0 Å². The van der Waals surface area contributed by atoms with Crippen LogP contribution in [-0.4, -0.2) is 29.6 Å². The van der Waals surface area contributed by atoms with Crippen LogP contribution in [0.1, 0.15) is 12.0 Å². The molecule has 0 aromatic heterocycles. The maximum Gasteiger partial charge on any atom is 0.234 e. The lowest BCUT2D eigenvalue weighted by Crippen LogP contribution is -2.46. The fraction of sp³-hybridized carbons (Fsp3) is 0.368. The van der Waals surface area contributed by atoms with Crippen molar-refractivity contribution in [3.63, 3.8) is 0 Å². The van der Waals surface area contributed by atoms with Gasteiger partial charge in [-0.1, -0.05) is 36.4 Å². The average Bonchev–Trinajstić information content (AvgIpc) is 3.18. The molecule has 3 heterocycles. The Kier molecular flexibility index (Phi) is 3.18. The highest BCUT2D eigenvalue weighted by atomic mass is 16.5. The lowest BCUT2D eigenvalue weighted by molar-refractivity contribution is -0.313. The van der Waals surface area contributed by atoms with E-state index in [1.54, 1.807) is 17.1 Å². The number of nitrogens with zero attached hydrogens (tertiary/aromatic N) is 1. The Hall–Kier alpha value is -2.40.